The number of thiophene rings is 1. The molecule has 1 N–H and O–H groups in total. The Kier molecular flexibility index (Phi) is 6.62. The largest absolute Gasteiger partial charge is 0.351 e. The van der Waals surface area contributed by atoms with Crippen molar-refractivity contribution < 1.29 is 4.79 Å². The van der Waals surface area contributed by atoms with Crippen molar-refractivity contribution in [2.75, 3.05) is 5.75 Å². The SMILES string of the molecule is O=C(CSc1nc2c(sc3ncccc32)c(=O)n1Cc1ccccc1)NCc1ccccc1Cl. The molecule has 9 heteroatoms. The number of carbonyl (C=O) groups is 1. The average Bonchev–Trinajstić information content (AvgIpc) is 3.24. The molecule has 0 saturated carbocycles. The number of fused-ring (bicyclic) bond motifs is 3. The number of rotatable bonds is 7. The first-order valence-electron chi connectivity index (χ1n) is 10.5. The predicted molar refractivity (Wildman–Crippen MR) is 139 cm³/mol. The van der Waals surface area contributed by atoms with Crippen LogP contribution in [-0.2, 0) is 17.9 Å². The Balaban J connectivity index is 1.45. The smallest absolute Gasteiger partial charge is 0.272 e. The second-order valence-electron chi connectivity index (χ2n) is 7.56. The number of pyridine rings is 1. The van der Waals surface area contributed by atoms with Gasteiger partial charge in [0.15, 0.2) is 5.16 Å². The maximum atomic E-state index is 13.5. The first-order chi connectivity index (χ1) is 16.6. The third-order valence-corrected chi connectivity index (χ3v) is 7.70. The Bertz CT molecular complexity index is 1550. The van der Waals surface area contributed by atoms with E-state index in [2.05, 4.69) is 10.3 Å². The normalized spacial score (nSPS) is 11.2. The molecule has 3 heterocycles. The summed E-state index contributed by atoms with van der Waals surface area (Å²) >= 11 is 8.77. The van der Waals surface area contributed by atoms with Crippen LogP contribution in [0.1, 0.15) is 11.1 Å². The molecule has 0 unspecified atom stereocenters. The molecule has 0 aliphatic heterocycles. The number of halogens is 1. The van der Waals surface area contributed by atoms with Crippen LogP contribution in [0.15, 0.2) is 82.9 Å². The third-order valence-electron chi connectivity index (χ3n) is 5.27. The van der Waals surface area contributed by atoms with Gasteiger partial charge in [0.2, 0.25) is 5.91 Å². The van der Waals surface area contributed by atoms with Gasteiger partial charge in [-0.05, 0) is 29.3 Å². The summed E-state index contributed by atoms with van der Waals surface area (Å²) in [5.41, 5.74) is 2.33. The summed E-state index contributed by atoms with van der Waals surface area (Å²) in [6, 6.07) is 20.9. The van der Waals surface area contributed by atoms with Crippen LogP contribution in [-0.4, -0.2) is 26.2 Å². The Morgan fingerprint density at radius 2 is 1.85 bits per heavy atom. The number of carbonyl (C=O) groups excluding carboxylic acids is 1. The molecule has 5 aromatic rings. The van der Waals surface area contributed by atoms with Crippen LogP contribution in [0.2, 0.25) is 5.02 Å². The molecular formula is C25H19ClN4O2S2. The van der Waals surface area contributed by atoms with Crippen molar-refractivity contribution in [3.63, 3.8) is 0 Å². The third kappa shape index (κ3) is 4.70. The Hall–Kier alpha value is -3.20. The molecule has 34 heavy (non-hydrogen) atoms. The summed E-state index contributed by atoms with van der Waals surface area (Å²) in [7, 11) is 0. The number of thioether (sulfide) groups is 1. The molecule has 3 aromatic heterocycles. The molecule has 0 atom stereocenters. The van der Waals surface area contributed by atoms with E-state index in [9.17, 15) is 9.59 Å². The van der Waals surface area contributed by atoms with E-state index < -0.39 is 0 Å². The van der Waals surface area contributed by atoms with Crippen LogP contribution in [0.25, 0.3) is 20.4 Å². The van der Waals surface area contributed by atoms with Crippen molar-refractivity contribution in [1.29, 1.82) is 0 Å². The van der Waals surface area contributed by atoms with Gasteiger partial charge in [0.05, 0.1) is 17.8 Å². The van der Waals surface area contributed by atoms with Crippen molar-refractivity contribution in [2.24, 2.45) is 0 Å². The van der Waals surface area contributed by atoms with Crippen molar-refractivity contribution in [3.8, 4) is 0 Å². The van der Waals surface area contributed by atoms with E-state index >= 15 is 0 Å². The molecule has 1 amide bonds. The van der Waals surface area contributed by atoms with Crippen molar-refractivity contribution in [2.45, 2.75) is 18.2 Å². The lowest BCUT2D eigenvalue weighted by Gasteiger charge is -2.12. The fourth-order valence-corrected chi connectivity index (χ4v) is 5.63. The molecule has 5 rings (SSSR count). The molecule has 0 spiro atoms. The van der Waals surface area contributed by atoms with Crippen LogP contribution >= 0.6 is 34.7 Å². The molecular weight excluding hydrogens is 488 g/mol. The highest BCUT2D eigenvalue weighted by atomic mass is 35.5. The van der Waals surface area contributed by atoms with Gasteiger partial charge < -0.3 is 5.32 Å². The molecule has 0 fully saturated rings. The minimum atomic E-state index is -0.164. The van der Waals surface area contributed by atoms with Crippen molar-refractivity contribution in [3.05, 3.63) is 99.4 Å². The number of benzene rings is 2. The quantitative estimate of drug-likeness (QED) is 0.245. The van der Waals surface area contributed by atoms with Gasteiger partial charge >= 0.3 is 0 Å². The van der Waals surface area contributed by atoms with Gasteiger partial charge in [0, 0.05) is 23.2 Å². The highest BCUT2D eigenvalue weighted by molar-refractivity contribution is 7.99. The number of amides is 1. The summed E-state index contributed by atoms with van der Waals surface area (Å²) in [5, 5.41) is 4.84. The number of nitrogens with zero attached hydrogens (tertiary/aromatic N) is 3. The van der Waals surface area contributed by atoms with E-state index in [1.165, 1.54) is 23.1 Å². The van der Waals surface area contributed by atoms with Gasteiger partial charge in [0.25, 0.3) is 5.56 Å². The van der Waals surface area contributed by atoms with E-state index in [1.54, 1.807) is 16.8 Å². The van der Waals surface area contributed by atoms with E-state index in [0.29, 0.717) is 33.5 Å². The van der Waals surface area contributed by atoms with Crippen LogP contribution < -0.4 is 10.9 Å². The average molecular weight is 507 g/mol. The summed E-state index contributed by atoms with van der Waals surface area (Å²) in [6.07, 6.45) is 1.71. The molecule has 2 aromatic carbocycles. The van der Waals surface area contributed by atoms with Gasteiger partial charge in [-0.3, -0.25) is 14.2 Å². The van der Waals surface area contributed by atoms with Gasteiger partial charge in [-0.25, -0.2) is 9.97 Å². The fraction of sp³-hybridized carbons (Fsp3) is 0.120. The summed E-state index contributed by atoms with van der Waals surface area (Å²) in [4.78, 5) is 36.1. The van der Waals surface area contributed by atoms with Crippen molar-refractivity contribution >= 4 is 61.0 Å². The first kappa shape index (κ1) is 22.6. The zero-order chi connectivity index (χ0) is 23.5. The lowest BCUT2D eigenvalue weighted by molar-refractivity contribution is -0.118. The van der Waals surface area contributed by atoms with Gasteiger partial charge in [0.1, 0.15) is 9.53 Å². The zero-order valence-electron chi connectivity index (χ0n) is 17.9. The Morgan fingerprint density at radius 3 is 2.68 bits per heavy atom. The van der Waals surface area contributed by atoms with E-state index in [1.807, 2.05) is 60.7 Å². The van der Waals surface area contributed by atoms with E-state index in [-0.39, 0.29) is 17.2 Å². The maximum absolute atomic E-state index is 13.5. The molecule has 0 aliphatic rings. The summed E-state index contributed by atoms with van der Waals surface area (Å²) < 4.78 is 2.20. The molecule has 0 radical (unpaired) electrons. The predicted octanol–water partition coefficient (Wildman–Crippen LogP) is 5.12. The minimum absolute atomic E-state index is 0.123. The van der Waals surface area contributed by atoms with Crippen molar-refractivity contribution in [1.82, 2.24) is 19.9 Å². The van der Waals surface area contributed by atoms with Gasteiger partial charge in [-0.15, -0.1) is 11.3 Å². The standard InChI is InChI=1S/C25H19ClN4O2S2/c26-19-11-5-4-9-17(19)13-28-20(31)15-33-25-29-21-18-10-6-12-27-23(18)34-22(21)24(32)30(25)14-16-7-2-1-3-8-16/h1-12H,13-15H2,(H,28,31). The number of hydrogen-bond acceptors (Lipinski definition) is 6. The van der Waals surface area contributed by atoms with Crippen LogP contribution in [0.5, 0.6) is 0 Å². The first-order valence-corrected chi connectivity index (χ1v) is 12.7. The fourth-order valence-electron chi connectivity index (χ4n) is 3.57. The summed E-state index contributed by atoms with van der Waals surface area (Å²) in [5.74, 6) is -0.0419. The van der Waals surface area contributed by atoms with Gasteiger partial charge in [-0.2, -0.15) is 0 Å². The summed E-state index contributed by atoms with van der Waals surface area (Å²) in [6.45, 7) is 0.705. The second-order valence-corrected chi connectivity index (χ2v) is 9.91. The number of hydrogen-bond donors (Lipinski definition) is 1. The highest BCUT2D eigenvalue weighted by Crippen LogP contribution is 2.30. The molecule has 170 valence electrons. The maximum Gasteiger partial charge on any atom is 0.272 e. The van der Waals surface area contributed by atoms with Crippen LogP contribution in [0.3, 0.4) is 0 Å². The number of nitrogens with one attached hydrogen (secondary N) is 1. The lowest BCUT2D eigenvalue weighted by atomic mass is 10.2. The molecule has 6 nitrogen and oxygen atoms in total. The highest BCUT2D eigenvalue weighted by Gasteiger charge is 2.18. The number of aromatic nitrogens is 3. The monoisotopic (exact) mass is 506 g/mol. The second kappa shape index (κ2) is 9.97. The lowest BCUT2D eigenvalue weighted by Crippen LogP contribution is -2.27. The Labute approximate surface area is 208 Å². The zero-order valence-corrected chi connectivity index (χ0v) is 20.3. The molecule has 0 bridgehead atoms. The van der Waals surface area contributed by atoms with Crippen LogP contribution in [0, 0.1) is 0 Å². The van der Waals surface area contributed by atoms with E-state index in [4.69, 9.17) is 16.6 Å². The van der Waals surface area contributed by atoms with Crippen LogP contribution in [0.4, 0.5) is 0 Å². The molecule has 0 aliphatic carbocycles. The van der Waals surface area contributed by atoms with E-state index in [0.717, 1.165) is 21.3 Å². The minimum Gasteiger partial charge on any atom is -0.351 e. The topological polar surface area (TPSA) is 76.9 Å². The van der Waals surface area contributed by atoms with Gasteiger partial charge in [-0.1, -0.05) is 71.9 Å². The molecule has 0 saturated heterocycles. The Morgan fingerprint density at radius 1 is 1.06 bits per heavy atom.